The standard InChI is InChI=1S/C11H21N5.HI/c1-10(2)15-11(12-3)13-6-4-8-16-9-5-7-14-16;/h5,7,9-10H,4,6,8H2,1-3H3,(H2,12,13,15);1H. The summed E-state index contributed by atoms with van der Waals surface area (Å²) >= 11 is 0. The van der Waals surface area contributed by atoms with Gasteiger partial charge < -0.3 is 10.6 Å². The predicted octanol–water partition coefficient (Wildman–Crippen LogP) is 1.46. The highest BCUT2D eigenvalue weighted by Crippen LogP contribution is 1.88. The molecule has 0 saturated carbocycles. The van der Waals surface area contributed by atoms with Crippen LogP contribution in [-0.2, 0) is 6.54 Å². The molecule has 98 valence electrons. The molecular formula is C11H22IN5. The SMILES string of the molecule is CN=C(NCCCn1cccn1)NC(C)C.I. The van der Waals surface area contributed by atoms with Crippen molar-refractivity contribution in [3.8, 4) is 0 Å². The summed E-state index contributed by atoms with van der Waals surface area (Å²) < 4.78 is 1.93. The van der Waals surface area contributed by atoms with Gasteiger partial charge in [0.15, 0.2) is 5.96 Å². The maximum absolute atomic E-state index is 4.14. The van der Waals surface area contributed by atoms with Crippen molar-refractivity contribution in [2.45, 2.75) is 32.9 Å². The lowest BCUT2D eigenvalue weighted by molar-refractivity contribution is 0.568. The molecule has 0 spiro atoms. The first-order valence-corrected chi connectivity index (χ1v) is 5.67. The molecule has 0 fully saturated rings. The number of halogens is 1. The molecule has 17 heavy (non-hydrogen) atoms. The molecule has 1 aromatic heterocycles. The third-order valence-corrected chi connectivity index (χ3v) is 2.06. The summed E-state index contributed by atoms with van der Waals surface area (Å²) in [6, 6.07) is 2.34. The lowest BCUT2D eigenvalue weighted by Gasteiger charge is -2.14. The zero-order valence-corrected chi connectivity index (χ0v) is 13.0. The quantitative estimate of drug-likeness (QED) is 0.366. The lowest BCUT2D eigenvalue weighted by Crippen LogP contribution is -2.41. The Morgan fingerprint density at radius 3 is 2.76 bits per heavy atom. The minimum absolute atomic E-state index is 0. The Bertz CT molecular complexity index is 308. The fourth-order valence-electron chi connectivity index (χ4n) is 1.35. The molecule has 6 heteroatoms. The first kappa shape index (κ1) is 16.2. The molecule has 1 rings (SSSR count). The topological polar surface area (TPSA) is 54.2 Å². The van der Waals surface area contributed by atoms with E-state index >= 15 is 0 Å². The fraction of sp³-hybridized carbons (Fsp3) is 0.636. The van der Waals surface area contributed by atoms with Gasteiger partial charge >= 0.3 is 0 Å². The second-order valence-corrected chi connectivity index (χ2v) is 3.92. The smallest absolute Gasteiger partial charge is 0.191 e. The van der Waals surface area contributed by atoms with Crippen LogP contribution in [0.25, 0.3) is 0 Å². The molecule has 0 unspecified atom stereocenters. The molecule has 2 N–H and O–H groups in total. The monoisotopic (exact) mass is 351 g/mol. The van der Waals surface area contributed by atoms with Crippen LogP contribution in [0, 0.1) is 0 Å². The number of guanidine groups is 1. The highest BCUT2D eigenvalue weighted by molar-refractivity contribution is 14.0. The van der Waals surface area contributed by atoms with Gasteiger partial charge in [0.1, 0.15) is 0 Å². The zero-order valence-electron chi connectivity index (χ0n) is 10.7. The van der Waals surface area contributed by atoms with E-state index in [-0.39, 0.29) is 24.0 Å². The minimum Gasteiger partial charge on any atom is -0.356 e. The molecule has 0 atom stereocenters. The second kappa shape index (κ2) is 9.26. The summed E-state index contributed by atoms with van der Waals surface area (Å²) in [4.78, 5) is 4.13. The van der Waals surface area contributed by atoms with Crippen LogP contribution in [0.2, 0.25) is 0 Å². The first-order chi connectivity index (χ1) is 7.72. The van der Waals surface area contributed by atoms with E-state index in [9.17, 15) is 0 Å². The van der Waals surface area contributed by atoms with Crippen molar-refractivity contribution in [1.29, 1.82) is 0 Å². The van der Waals surface area contributed by atoms with Crippen molar-refractivity contribution < 1.29 is 0 Å². The largest absolute Gasteiger partial charge is 0.356 e. The van der Waals surface area contributed by atoms with Gasteiger partial charge in [-0.1, -0.05) is 0 Å². The van der Waals surface area contributed by atoms with E-state index in [2.05, 4.69) is 34.6 Å². The number of aryl methyl sites for hydroxylation is 1. The average molecular weight is 351 g/mol. The van der Waals surface area contributed by atoms with E-state index < -0.39 is 0 Å². The van der Waals surface area contributed by atoms with Gasteiger partial charge in [0.2, 0.25) is 0 Å². The third-order valence-electron chi connectivity index (χ3n) is 2.06. The molecule has 0 saturated heterocycles. The van der Waals surface area contributed by atoms with Gasteiger partial charge in [-0.05, 0) is 26.3 Å². The van der Waals surface area contributed by atoms with Gasteiger partial charge in [-0.2, -0.15) is 5.10 Å². The van der Waals surface area contributed by atoms with Gasteiger partial charge in [0.25, 0.3) is 0 Å². The van der Waals surface area contributed by atoms with Crippen LogP contribution < -0.4 is 10.6 Å². The normalized spacial score (nSPS) is 11.2. The number of rotatable bonds is 5. The van der Waals surface area contributed by atoms with Gasteiger partial charge in [-0.3, -0.25) is 9.67 Å². The van der Waals surface area contributed by atoms with Crippen LogP contribution in [0.4, 0.5) is 0 Å². The van der Waals surface area contributed by atoms with E-state index in [1.165, 1.54) is 0 Å². The van der Waals surface area contributed by atoms with E-state index in [1.54, 1.807) is 13.2 Å². The number of hydrogen-bond acceptors (Lipinski definition) is 2. The van der Waals surface area contributed by atoms with E-state index in [4.69, 9.17) is 0 Å². The molecule has 0 aliphatic rings. The number of aromatic nitrogens is 2. The minimum atomic E-state index is 0. The summed E-state index contributed by atoms with van der Waals surface area (Å²) in [5.74, 6) is 0.857. The van der Waals surface area contributed by atoms with Crippen LogP contribution >= 0.6 is 24.0 Å². The van der Waals surface area contributed by atoms with Gasteiger partial charge in [0, 0.05) is 38.6 Å². The average Bonchev–Trinajstić information content (AvgIpc) is 2.74. The Morgan fingerprint density at radius 1 is 1.47 bits per heavy atom. The van der Waals surface area contributed by atoms with Crippen molar-refractivity contribution in [3.63, 3.8) is 0 Å². The maximum atomic E-state index is 4.14. The lowest BCUT2D eigenvalue weighted by atomic mass is 10.4. The molecule has 1 heterocycles. The fourth-order valence-corrected chi connectivity index (χ4v) is 1.35. The summed E-state index contributed by atoms with van der Waals surface area (Å²) in [5, 5.41) is 10.6. The van der Waals surface area contributed by atoms with Crippen molar-refractivity contribution >= 4 is 29.9 Å². The molecule has 5 nitrogen and oxygen atoms in total. The maximum Gasteiger partial charge on any atom is 0.191 e. The Morgan fingerprint density at radius 2 is 2.24 bits per heavy atom. The summed E-state index contributed by atoms with van der Waals surface area (Å²) in [5.41, 5.74) is 0. The summed E-state index contributed by atoms with van der Waals surface area (Å²) in [6.07, 6.45) is 4.80. The highest BCUT2D eigenvalue weighted by Gasteiger charge is 1.98. The van der Waals surface area contributed by atoms with Crippen LogP contribution in [0.5, 0.6) is 0 Å². The third kappa shape index (κ3) is 7.19. The second-order valence-electron chi connectivity index (χ2n) is 3.92. The highest BCUT2D eigenvalue weighted by atomic mass is 127. The molecule has 0 amide bonds. The van der Waals surface area contributed by atoms with Crippen LogP contribution in [0.1, 0.15) is 20.3 Å². The van der Waals surface area contributed by atoms with Gasteiger partial charge in [0.05, 0.1) is 0 Å². The predicted molar refractivity (Wildman–Crippen MR) is 81.9 cm³/mol. The van der Waals surface area contributed by atoms with E-state index in [0.717, 1.165) is 25.5 Å². The molecule has 1 aromatic rings. The Balaban J connectivity index is 0.00000256. The van der Waals surface area contributed by atoms with Crippen molar-refractivity contribution in [2.24, 2.45) is 4.99 Å². The molecule has 0 bridgehead atoms. The first-order valence-electron chi connectivity index (χ1n) is 5.67. The van der Waals surface area contributed by atoms with Crippen molar-refractivity contribution in [3.05, 3.63) is 18.5 Å². The Labute approximate surface area is 120 Å². The number of aliphatic imine (C=N–C) groups is 1. The van der Waals surface area contributed by atoms with Crippen molar-refractivity contribution in [1.82, 2.24) is 20.4 Å². The molecule has 0 aliphatic heterocycles. The number of nitrogens with one attached hydrogen (secondary N) is 2. The van der Waals surface area contributed by atoms with Crippen LogP contribution in [0.3, 0.4) is 0 Å². The van der Waals surface area contributed by atoms with Gasteiger partial charge in [-0.25, -0.2) is 0 Å². The molecule has 0 radical (unpaired) electrons. The van der Waals surface area contributed by atoms with E-state index in [1.807, 2.05) is 16.9 Å². The van der Waals surface area contributed by atoms with Crippen LogP contribution in [0.15, 0.2) is 23.5 Å². The zero-order chi connectivity index (χ0) is 11.8. The molecule has 0 aromatic carbocycles. The molecule has 0 aliphatic carbocycles. The molecular weight excluding hydrogens is 329 g/mol. The van der Waals surface area contributed by atoms with E-state index in [0.29, 0.717) is 6.04 Å². The van der Waals surface area contributed by atoms with Crippen molar-refractivity contribution in [2.75, 3.05) is 13.6 Å². The number of nitrogens with zero attached hydrogens (tertiary/aromatic N) is 3. The summed E-state index contributed by atoms with van der Waals surface area (Å²) in [6.45, 7) is 6.01. The van der Waals surface area contributed by atoms with Crippen LogP contribution in [-0.4, -0.2) is 35.4 Å². The Hall–Kier alpha value is -0.790. The summed E-state index contributed by atoms with van der Waals surface area (Å²) in [7, 11) is 1.78. The Kier molecular flexibility index (Phi) is 8.83. The van der Waals surface area contributed by atoms with Gasteiger partial charge in [-0.15, -0.1) is 24.0 Å². The number of hydrogen-bond donors (Lipinski definition) is 2.